The van der Waals surface area contributed by atoms with E-state index in [1.54, 1.807) is 29.4 Å². The van der Waals surface area contributed by atoms with Crippen LogP contribution in [0.5, 0.6) is 0 Å². The highest BCUT2D eigenvalue weighted by atomic mass is 19.4. The Morgan fingerprint density at radius 3 is 1.96 bits per heavy atom. The number of aromatic nitrogens is 3. The second-order valence-corrected chi connectivity index (χ2v) is 11.3. The molecule has 2 aromatic heterocycles. The van der Waals surface area contributed by atoms with Crippen molar-refractivity contribution in [1.29, 1.82) is 0 Å². The maximum atomic E-state index is 13.4. The lowest BCUT2D eigenvalue weighted by Crippen LogP contribution is -2.46. The summed E-state index contributed by atoms with van der Waals surface area (Å²) in [5, 5.41) is 14.2. The summed E-state index contributed by atoms with van der Waals surface area (Å²) in [5.41, 5.74) is 1.96. The highest BCUT2D eigenvalue weighted by molar-refractivity contribution is 5.94. The number of alkyl halides is 6. The third-order valence-electron chi connectivity index (χ3n) is 7.81. The number of carbonyl (C=O) groups is 4. The van der Waals surface area contributed by atoms with Gasteiger partial charge in [0, 0.05) is 50.4 Å². The van der Waals surface area contributed by atoms with Crippen molar-refractivity contribution in [3.63, 3.8) is 0 Å². The average molecular weight is 679 g/mol. The van der Waals surface area contributed by atoms with E-state index >= 15 is 0 Å². The van der Waals surface area contributed by atoms with Gasteiger partial charge in [-0.2, -0.15) is 26.3 Å². The molecule has 0 unspecified atom stereocenters. The predicted molar refractivity (Wildman–Crippen MR) is 149 cm³/mol. The van der Waals surface area contributed by atoms with Crippen LogP contribution in [0.4, 0.5) is 26.3 Å². The number of carboxylic acid groups (broad SMARTS) is 2. The molecule has 0 saturated carbocycles. The molecule has 2 aromatic rings. The molecule has 0 aliphatic carbocycles. The van der Waals surface area contributed by atoms with Crippen molar-refractivity contribution in [2.75, 3.05) is 40.3 Å². The summed E-state index contributed by atoms with van der Waals surface area (Å²) in [5.74, 6) is -4.58. The molecular weight excluding hydrogens is 646 g/mol. The van der Waals surface area contributed by atoms with Gasteiger partial charge in [-0.15, -0.1) is 0 Å². The topological polar surface area (TPSA) is 166 Å². The highest BCUT2D eigenvalue weighted by Crippen LogP contribution is 2.42. The molecule has 1 fully saturated rings. The normalized spacial score (nSPS) is 16.7. The fourth-order valence-electron chi connectivity index (χ4n) is 5.43. The number of rotatable bonds is 3. The molecule has 0 radical (unpaired) electrons. The molecule has 13 nitrogen and oxygen atoms in total. The second kappa shape index (κ2) is 14.5. The summed E-state index contributed by atoms with van der Waals surface area (Å²) in [7, 11) is 3.74. The summed E-state index contributed by atoms with van der Waals surface area (Å²) in [6, 6.07) is 3.57. The molecule has 258 valence electrons. The molecule has 3 aliphatic rings. The molecular formula is C28H32F6N6O7. The molecule has 0 bridgehead atoms. The monoisotopic (exact) mass is 678 g/mol. The van der Waals surface area contributed by atoms with Gasteiger partial charge in [0.1, 0.15) is 5.82 Å². The summed E-state index contributed by atoms with van der Waals surface area (Å²) >= 11 is 0. The average Bonchev–Trinajstić information content (AvgIpc) is 3.34. The lowest BCUT2D eigenvalue weighted by molar-refractivity contribution is -0.193. The number of carbonyl (C=O) groups excluding carboxylic acids is 2. The van der Waals surface area contributed by atoms with Gasteiger partial charge in [-0.1, -0.05) is 0 Å². The summed E-state index contributed by atoms with van der Waals surface area (Å²) in [6.45, 7) is 3.22. The zero-order chi connectivity index (χ0) is 35.3. The number of likely N-dealkylation sites (N-methyl/N-ethyl adjacent to an activating group) is 1. The molecule has 19 heteroatoms. The molecule has 1 spiro atoms. The maximum Gasteiger partial charge on any atom is 0.490 e. The minimum absolute atomic E-state index is 0.00286. The van der Waals surface area contributed by atoms with Crippen LogP contribution in [0.25, 0.3) is 0 Å². The lowest BCUT2D eigenvalue weighted by Gasteiger charge is -2.39. The molecule has 47 heavy (non-hydrogen) atoms. The number of likely N-dealkylation sites (tertiary alicyclic amines) is 1. The van der Waals surface area contributed by atoms with Crippen molar-refractivity contribution in [2.24, 2.45) is 0 Å². The first-order chi connectivity index (χ1) is 21.8. The molecule has 5 heterocycles. The predicted octanol–water partition coefficient (Wildman–Crippen LogP) is 1.93. The molecule has 2 amide bonds. The Balaban J connectivity index is 0.000000360. The first-order valence-electron chi connectivity index (χ1n) is 14.1. The summed E-state index contributed by atoms with van der Waals surface area (Å²) in [6.07, 6.45) is -3.80. The zero-order valence-electron chi connectivity index (χ0n) is 25.3. The first-order valence-corrected chi connectivity index (χ1v) is 14.1. The van der Waals surface area contributed by atoms with Crippen molar-refractivity contribution in [1.82, 2.24) is 29.2 Å². The van der Waals surface area contributed by atoms with Gasteiger partial charge in [-0.25, -0.2) is 14.6 Å². The van der Waals surface area contributed by atoms with Crippen molar-refractivity contribution >= 4 is 23.8 Å². The van der Waals surface area contributed by atoms with Crippen LogP contribution in [0.3, 0.4) is 0 Å². The Morgan fingerprint density at radius 2 is 1.47 bits per heavy atom. The zero-order valence-corrected chi connectivity index (χ0v) is 25.3. The van der Waals surface area contributed by atoms with E-state index < -0.39 is 24.3 Å². The van der Waals surface area contributed by atoms with Gasteiger partial charge in [0.2, 0.25) is 5.91 Å². The number of aliphatic carboxylic acids is 2. The SMILES string of the molecule is CN(C)CC(=O)N1CCc2nc3n(c(=O)c2C1)CCC31CCN(C(=O)c2cccnc2)CC1.O=C(O)C(F)(F)F.O=C(O)C(F)(F)F. The van der Waals surface area contributed by atoms with E-state index in [2.05, 4.69) is 4.98 Å². The van der Waals surface area contributed by atoms with Gasteiger partial charge < -0.3 is 24.9 Å². The minimum Gasteiger partial charge on any atom is -0.475 e. The van der Waals surface area contributed by atoms with Gasteiger partial charge in [0.15, 0.2) is 0 Å². The van der Waals surface area contributed by atoms with Gasteiger partial charge in [0.05, 0.1) is 29.9 Å². The van der Waals surface area contributed by atoms with E-state index in [1.807, 2.05) is 28.5 Å². The molecule has 0 atom stereocenters. The number of fused-ring (bicyclic) bond motifs is 3. The van der Waals surface area contributed by atoms with Crippen LogP contribution in [-0.4, -0.2) is 116 Å². The maximum absolute atomic E-state index is 13.4. The quantitative estimate of drug-likeness (QED) is 0.458. The van der Waals surface area contributed by atoms with Crippen LogP contribution in [0, 0.1) is 0 Å². The van der Waals surface area contributed by atoms with Crippen molar-refractivity contribution in [3.8, 4) is 0 Å². The smallest absolute Gasteiger partial charge is 0.475 e. The van der Waals surface area contributed by atoms with Crippen LogP contribution in [0.1, 0.15) is 46.7 Å². The van der Waals surface area contributed by atoms with E-state index in [4.69, 9.17) is 24.8 Å². The van der Waals surface area contributed by atoms with E-state index in [9.17, 15) is 40.7 Å². The summed E-state index contributed by atoms with van der Waals surface area (Å²) in [4.78, 5) is 71.1. The van der Waals surface area contributed by atoms with Crippen molar-refractivity contribution in [2.45, 2.75) is 56.5 Å². The largest absolute Gasteiger partial charge is 0.490 e. The standard InChI is InChI=1S/C24H30N6O3.2C2HF3O2/c1-27(2)16-20(31)29-10-5-19-18(15-29)22(33)30-13-8-24(23(30)26-19)6-11-28(12-7-24)21(32)17-4-3-9-25-14-17;2*3-2(4,5)1(6)7/h3-4,9,14H,5-8,10-13,15-16H2,1-2H3;2*(H,6,7). The van der Waals surface area contributed by atoms with E-state index in [1.165, 1.54) is 0 Å². The molecule has 1 saturated heterocycles. The van der Waals surface area contributed by atoms with E-state index in [-0.39, 0.29) is 22.8 Å². The second-order valence-electron chi connectivity index (χ2n) is 11.3. The number of carboxylic acids is 2. The Hall–Kier alpha value is -4.55. The number of hydrogen-bond donors (Lipinski definition) is 2. The number of hydrogen-bond acceptors (Lipinski definition) is 8. The Bertz CT molecular complexity index is 1510. The van der Waals surface area contributed by atoms with Gasteiger partial charge in [0.25, 0.3) is 11.5 Å². The van der Waals surface area contributed by atoms with Gasteiger partial charge >= 0.3 is 24.3 Å². The molecule has 2 N–H and O–H groups in total. The van der Waals surface area contributed by atoms with Crippen LogP contribution >= 0.6 is 0 Å². The number of piperidine rings is 1. The van der Waals surface area contributed by atoms with Crippen molar-refractivity contribution in [3.05, 3.63) is 57.5 Å². The third-order valence-corrected chi connectivity index (χ3v) is 7.81. The van der Waals surface area contributed by atoms with Crippen LogP contribution in [0.15, 0.2) is 29.3 Å². The highest BCUT2D eigenvalue weighted by Gasteiger charge is 2.45. The number of pyridine rings is 1. The number of nitrogens with zero attached hydrogens (tertiary/aromatic N) is 6. The Labute approximate surface area is 263 Å². The van der Waals surface area contributed by atoms with Crippen LogP contribution in [-0.2, 0) is 39.3 Å². The fourth-order valence-corrected chi connectivity index (χ4v) is 5.43. The fraction of sp³-hybridized carbons (Fsp3) is 0.536. The van der Waals surface area contributed by atoms with Gasteiger partial charge in [-0.05, 0) is 45.5 Å². The number of halogens is 6. The third kappa shape index (κ3) is 9.05. The lowest BCUT2D eigenvalue weighted by atomic mass is 9.76. The van der Waals surface area contributed by atoms with E-state index in [0.717, 1.165) is 30.8 Å². The van der Waals surface area contributed by atoms with Crippen molar-refractivity contribution < 1.29 is 55.7 Å². The molecule has 0 aromatic carbocycles. The van der Waals surface area contributed by atoms with Gasteiger partial charge in [-0.3, -0.25) is 23.9 Å². The Morgan fingerprint density at radius 1 is 0.915 bits per heavy atom. The molecule has 3 aliphatic heterocycles. The summed E-state index contributed by atoms with van der Waals surface area (Å²) < 4.78 is 65.3. The van der Waals surface area contributed by atoms with Crippen LogP contribution in [0.2, 0.25) is 0 Å². The van der Waals surface area contributed by atoms with Crippen LogP contribution < -0.4 is 5.56 Å². The van der Waals surface area contributed by atoms with E-state index in [0.29, 0.717) is 56.8 Å². The Kier molecular flexibility index (Phi) is 11.4. The molecule has 5 rings (SSSR count). The minimum atomic E-state index is -5.08. The number of amides is 2. The first kappa shape index (κ1) is 36.9.